The summed E-state index contributed by atoms with van der Waals surface area (Å²) in [6.45, 7) is 0. The Morgan fingerprint density at radius 1 is 0.375 bits per heavy atom. The lowest BCUT2D eigenvalue weighted by molar-refractivity contribution is 0.462. The largest absolute Gasteiger partial charge is 0.456 e. The molecular weight excluding hydrogens is 511 g/mol. The van der Waals surface area contributed by atoms with Gasteiger partial charge in [-0.15, -0.1) is 0 Å². The first-order valence-corrected chi connectivity index (χ1v) is 15.0. The monoisotopic (exact) mass is 534 g/mol. The normalized spacial score (nSPS) is 13.7. The topological polar surface area (TPSA) is 35.5 Å². The molecule has 2 aliphatic rings. The van der Waals surface area contributed by atoms with E-state index < -0.39 is 7.14 Å². The van der Waals surface area contributed by atoms with Crippen LogP contribution in [0.15, 0.2) is 140 Å². The van der Waals surface area contributed by atoms with Gasteiger partial charge in [-0.05, 0) is 69.8 Å². The smallest absolute Gasteiger partial charge is 0.185 e. The van der Waals surface area contributed by atoms with Crippen molar-refractivity contribution in [1.82, 2.24) is 0 Å². The van der Waals surface area contributed by atoms with Gasteiger partial charge in [-0.2, -0.15) is 0 Å². The summed E-state index contributed by atoms with van der Waals surface area (Å²) >= 11 is 0. The van der Waals surface area contributed by atoms with Gasteiger partial charge in [0, 0.05) is 0 Å². The molecule has 40 heavy (non-hydrogen) atoms. The van der Waals surface area contributed by atoms with Crippen molar-refractivity contribution in [2.24, 2.45) is 0 Å². The van der Waals surface area contributed by atoms with Crippen molar-refractivity contribution in [3.8, 4) is 56.4 Å². The summed E-state index contributed by atoms with van der Waals surface area (Å²) in [5, 5.41) is 2.03. The average Bonchev–Trinajstić information content (AvgIpc) is 3.02. The number of fused-ring (bicyclic) bond motifs is 4. The van der Waals surface area contributed by atoms with Crippen molar-refractivity contribution in [2.75, 3.05) is 0 Å². The van der Waals surface area contributed by atoms with Gasteiger partial charge in [0.1, 0.15) is 28.3 Å². The van der Waals surface area contributed by atoms with E-state index in [0.717, 1.165) is 33.4 Å². The summed E-state index contributed by atoms with van der Waals surface area (Å²) in [4.78, 5) is 0. The number of ether oxygens (including phenoxy) is 2. The Hall–Kier alpha value is -4.85. The van der Waals surface area contributed by atoms with Crippen LogP contribution < -0.4 is 25.4 Å². The second-order valence-corrected chi connectivity index (χ2v) is 12.7. The molecule has 0 spiro atoms. The minimum atomic E-state index is -3.37. The van der Waals surface area contributed by atoms with Crippen LogP contribution in [0.4, 0.5) is 0 Å². The number of benzene rings is 6. The average molecular weight is 535 g/mol. The van der Waals surface area contributed by atoms with Crippen molar-refractivity contribution in [3.05, 3.63) is 140 Å². The molecule has 0 bridgehead atoms. The molecule has 4 heteroatoms. The van der Waals surface area contributed by atoms with Gasteiger partial charge in [0.25, 0.3) is 0 Å². The molecule has 6 aromatic carbocycles. The zero-order chi connectivity index (χ0) is 26.7. The second-order valence-electron chi connectivity index (χ2n) is 10.1. The Balaban J connectivity index is 1.40. The van der Waals surface area contributed by atoms with Crippen molar-refractivity contribution >= 4 is 23.1 Å². The van der Waals surface area contributed by atoms with E-state index in [1.54, 1.807) is 0 Å². The summed E-state index contributed by atoms with van der Waals surface area (Å²) in [7, 11) is -3.37. The Bertz CT molecular complexity index is 1850. The molecule has 0 amide bonds. The fourth-order valence-electron chi connectivity index (χ4n) is 5.77. The number of rotatable bonds is 3. The van der Waals surface area contributed by atoms with Gasteiger partial charge in [0.05, 0.1) is 10.6 Å². The molecule has 0 unspecified atom stereocenters. The molecule has 0 fully saturated rings. The zero-order valence-corrected chi connectivity index (χ0v) is 22.3. The van der Waals surface area contributed by atoms with E-state index in [4.69, 9.17) is 9.47 Å². The number of hydrogen-bond acceptors (Lipinski definition) is 3. The fraction of sp³-hybridized carbons (Fsp3) is 0. The van der Waals surface area contributed by atoms with Gasteiger partial charge >= 0.3 is 0 Å². The van der Waals surface area contributed by atoms with Crippen molar-refractivity contribution in [1.29, 1.82) is 0 Å². The van der Waals surface area contributed by atoms with Crippen LogP contribution in [0, 0.1) is 0 Å². The van der Waals surface area contributed by atoms with Crippen molar-refractivity contribution in [3.63, 3.8) is 0 Å². The van der Waals surface area contributed by atoms with Crippen LogP contribution in [0.3, 0.4) is 0 Å². The Morgan fingerprint density at radius 2 is 0.775 bits per heavy atom. The summed E-state index contributed by atoms with van der Waals surface area (Å²) < 4.78 is 28.8. The Morgan fingerprint density at radius 3 is 1.20 bits per heavy atom. The van der Waals surface area contributed by atoms with Crippen LogP contribution in [0.2, 0.25) is 0 Å². The summed E-state index contributed by atoms with van der Waals surface area (Å²) in [6.07, 6.45) is 0. The van der Waals surface area contributed by atoms with Crippen LogP contribution >= 0.6 is 7.14 Å². The van der Waals surface area contributed by atoms with Crippen LogP contribution in [0.5, 0.6) is 23.0 Å². The third-order valence-corrected chi connectivity index (χ3v) is 10.8. The van der Waals surface area contributed by atoms with Gasteiger partial charge in [0.15, 0.2) is 7.14 Å². The van der Waals surface area contributed by atoms with Crippen molar-refractivity contribution < 1.29 is 14.0 Å². The Kier molecular flexibility index (Phi) is 5.10. The van der Waals surface area contributed by atoms with Gasteiger partial charge in [-0.1, -0.05) is 103 Å². The first-order valence-electron chi connectivity index (χ1n) is 13.3. The van der Waals surface area contributed by atoms with E-state index in [1.165, 1.54) is 0 Å². The van der Waals surface area contributed by atoms with Gasteiger partial charge in [-0.25, -0.2) is 0 Å². The molecule has 190 valence electrons. The molecule has 0 atom stereocenters. The minimum absolute atomic E-state index is 0.579. The Labute approximate surface area is 232 Å². The van der Waals surface area contributed by atoms with E-state index in [2.05, 4.69) is 36.4 Å². The molecular formula is C36H23O3P. The molecule has 0 aliphatic carbocycles. The molecule has 2 heterocycles. The van der Waals surface area contributed by atoms with E-state index >= 15 is 4.57 Å². The van der Waals surface area contributed by atoms with E-state index in [-0.39, 0.29) is 0 Å². The van der Waals surface area contributed by atoms with Gasteiger partial charge < -0.3 is 14.0 Å². The standard InChI is InChI=1S/C36H23O3P/c37-40-34-22-27(24-10-4-1-5-11-24)16-18-30(34)38-32-20-29(26-14-8-3-9-15-26)21-33(36(32)40)39-31-19-17-28(23-35(31)40)25-12-6-2-7-13-25/h1-23H. The maximum Gasteiger partial charge on any atom is 0.185 e. The molecule has 3 nitrogen and oxygen atoms in total. The van der Waals surface area contributed by atoms with Gasteiger partial charge in [0.2, 0.25) is 0 Å². The first-order chi connectivity index (χ1) is 19.7. The molecule has 0 saturated carbocycles. The van der Waals surface area contributed by atoms with Crippen LogP contribution in [0.1, 0.15) is 0 Å². The van der Waals surface area contributed by atoms with Crippen LogP contribution in [0.25, 0.3) is 33.4 Å². The fourth-order valence-corrected chi connectivity index (χ4v) is 8.86. The maximum absolute atomic E-state index is 15.8. The highest BCUT2D eigenvalue weighted by Crippen LogP contribution is 2.59. The van der Waals surface area contributed by atoms with E-state index in [0.29, 0.717) is 38.9 Å². The lowest BCUT2D eigenvalue weighted by atomic mass is 10.0. The minimum Gasteiger partial charge on any atom is -0.456 e. The summed E-state index contributed by atoms with van der Waals surface area (Å²) in [6, 6.07) is 46.5. The first kappa shape index (κ1) is 23.1. The number of hydrogen-bond donors (Lipinski definition) is 0. The lowest BCUT2D eigenvalue weighted by Gasteiger charge is -2.35. The summed E-state index contributed by atoms with van der Waals surface area (Å²) in [5.74, 6) is 2.39. The second kappa shape index (κ2) is 8.84. The van der Waals surface area contributed by atoms with Gasteiger partial charge in [-0.3, -0.25) is 0 Å². The molecule has 6 aromatic rings. The van der Waals surface area contributed by atoms with E-state index in [1.807, 2.05) is 103 Å². The van der Waals surface area contributed by atoms with Crippen LogP contribution in [-0.2, 0) is 4.57 Å². The zero-order valence-electron chi connectivity index (χ0n) is 21.5. The third-order valence-electron chi connectivity index (χ3n) is 7.71. The maximum atomic E-state index is 15.8. The molecule has 2 aliphatic heterocycles. The molecule has 0 radical (unpaired) electrons. The highest BCUT2D eigenvalue weighted by atomic mass is 31.2. The lowest BCUT2D eigenvalue weighted by Crippen LogP contribution is -2.35. The predicted molar refractivity (Wildman–Crippen MR) is 162 cm³/mol. The SMILES string of the molecule is O=P12c3cc(-c4ccccc4)ccc3Oc3cc(-c4ccccc4)cc(c31)Oc1ccc(-c3ccccc3)cc12. The summed E-state index contributed by atoms with van der Waals surface area (Å²) in [5.41, 5.74) is 6.11. The molecule has 8 rings (SSSR count). The quantitative estimate of drug-likeness (QED) is 0.213. The highest BCUT2D eigenvalue weighted by molar-refractivity contribution is 7.86. The molecule has 0 saturated heterocycles. The van der Waals surface area contributed by atoms with Crippen molar-refractivity contribution in [2.45, 2.75) is 0 Å². The predicted octanol–water partition coefficient (Wildman–Crippen LogP) is 8.54. The van der Waals surface area contributed by atoms with Crippen LogP contribution in [-0.4, -0.2) is 0 Å². The van der Waals surface area contributed by atoms with E-state index in [9.17, 15) is 0 Å². The molecule has 0 N–H and O–H groups in total. The third kappa shape index (κ3) is 3.49. The molecule has 0 aromatic heterocycles. The highest BCUT2D eigenvalue weighted by Gasteiger charge is 2.47.